The molecule has 4 nitrogen and oxygen atoms in total. The largest absolute Gasteiger partial charge is 0.487 e. The van der Waals surface area contributed by atoms with Gasteiger partial charge in [-0.2, -0.15) is 0 Å². The van der Waals surface area contributed by atoms with Crippen molar-refractivity contribution in [3.05, 3.63) is 32.5 Å². The molecule has 0 unspecified atom stereocenters. The predicted molar refractivity (Wildman–Crippen MR) is 54.4 cm³/mol. The molecule has 1 saturated carbocycles. The summed E-state index contributed by atoms with van der Waals surface area (Å²) in [5.41, 5.74) is -0.188. The monoisotopic (exact) mass is 275 g/mol. The molecule has 0 amide bonds. The Bertz CT molecular complexity index is 420. The molecule has 0 aromatic heterocycles. The van der Waals surface area contributed by atoms with Crippen molar-refractivity contribution < 1.29 is 14.1 Å². The van der Waals surface area contributed by atoms with Gasteiger partial charge in [0.2, 0.25) is 0 Å². The molecule has 0 bridgehead atoms. The second kappa shape index (κ2) is 3.77. The molecule has 1 aliphatic carbocycles. The molecule has 6 heteroatoms. The fraction of sp³-hybridized carbons (Fsp3) is 0.333. The summed E-state index contributed by atoms with van der Waals surface area (Å²) in [6.45, 7) is 0. The van der Waals surface area contributed by atoms with Crippen LogP contribution >= 0.6 is 15.9 Å². The van der Waals surface area contributed by atoms with Gasteiger partial charge in [0.1, 0.15) is 0 Å². The van der Waals surface area contributed by atoms with Crippen molar-refractivity contribution >= 4 is 21.6 Å². The van der Waals surface area contributed by atoms with Crippen LogP contribution in [-0.2, 0) is 0 Å². The normalized spacial score (nSPS) is 15.1. The van der Waals surface area contributed by atoms with E-state index in [9.17, 15) is 14.5 Å². The van der Waals surface area contributed by atoms with E-state index in [0.29, 0.717) is 0 Å². The molecule has 0 heterocycles. The van der Waals surface area contributed by atoms with Crippen LogP contribution in [0.15, 0.2) is 16.6 Å². The van der Waals surface area contributed by atoms with E-state index in [0.717, 1.165) is 25.0 Å². The smallest absolute Gasteiger partial charge is 0.287 e. The average molecular weight is 276 g/mol. The van der Waals surface area contributed by atoms with Gasteiger partial charge in [-0.05, 0) is 34.8 Å². The van der Waals surface area contributed by atoms with E-state index in [2.05, 4.69) is 15.9 Å². The zero-order valence-electron chi connectivity index (χ0n) is 7.57. The quantitative estimate of drug-likeness (QED) is 0.629. The van der Waals surface area contributed by atoms with Crippen LogP contribution in [0.3, 0.4) is 0 Å². The van der Waals surface area contributed by atoms with Crippen molar-refractivity contribution in [3.63, 3.8) is 0 Å². The number of halogens is 2. The van der Waals surface area contributed by atoms with Crippen LogP contribution in [-0.4, -0.2) is 11.0 Å². The maximum absolute atomic E-state index is 13.3. The van der Waals surface area contributed by atoms with Gasteiger partial charge >= 0.3 is 0 Å². The first-order valence-corrected chi connectivity index (χ1v) is 5.17. The number of hydrogen-bond acceptors (Lipinski definition) is 3. The summed E-state index contributed by atoms with van der Waals surface area (Å²) in [5, 5.41) is 10.6. The predicted octanol–water partition coefficient (Wildman–Crippen LogP) is 3.04. The van der Waals surface area contributed by atoms with Crippen molar-refractivity contribution in [1.29, 1.82) is 0 Å². The van der Waals surface area contributed by atoms with Crippen LogP contribution in [0.2, 0.25) is 0 Å². The molecule has 0 aliphatic heterocycles. The van der Waals surface area contributed by atoms with Gasteiger partial charge in [-0.3, -0.25) is 10.1 Å². The van der Waals surface area contributed by atoms with Gasteiger partial charge in [0.15, 0.2) is 11.6 Å². The molecular formula is C9H7BrFNO3. The van der Waals surface area contributed by atoms with Crippen molar-refractivity contribution in [2.24, 2.45) is 0 Å². The summed E-state index contributed by atoms with van der Waals surface area (Å²) < 4.78 is 18.6. The van der Waals surface area contributed by atoms with Crippen molar-refractivity contribution in [1.82, 2.24) is 0 Å². The maximum Gasteiger partial charge on any atom is 0.287 e. The summed E-state index contributed by atoms with van der Waals surface area (Å²) in [6.07, 6.45) is 1.77. The Morgan fingerprint density at radius 2 is 2.20 bits per heavy atom. The lowest BCUT2D eigenvalue weighted by atomic mass is 10.3. The zero-order chi connectivity index (χ0) is 11.0. The summed E-state index contributed by atoms with van der Waals surface area (Å²) in [6, 6.07) is 2.16. The Hall–Kier alpha value is -1.17. The third-order valence-electron chi connectivity index (χ3n) is 2.02. The minimum absolute atomic E-state index is 0.0141. The van der Waals surface area contributed by atoms with Gasteiger partial charge in [-0.1, -0.05) is 0 Å². The second-order valence-corrected chi connectivity index (χ2v) is 4.16. The van der Waals surface area contributed by atoms with Gasteiger partial charge < -0.3 is 4.74 Å². The Labute approximate surface area is 93.3 Å². The molecule has 2 rings (SSSR count). The average Bonchev–Trinajstić information content (AvgIpc) is 2.92. The van der Waals surface area contributed by atoms with Crippen LogP contribution in [0.25, 0.3) is 0 Å². The van der Waals surface area contributed by atoms with Crippen LogP contribution in [0.4, 0.5) is 10.1 Å². The molecule has 1 aromatic rings. The first-order chi connectivity index (χ1) is 7.08. The SMILES string of the molecule is O=[N+]([O-])c1cc(OC2CC2)c(F)cc1Br. The van der Waals surface area contributed by atoms with Gasteiger partial charge in [0, 0.05) is 0 Å². The maximum atomic E-state index is 13.3. The second-order valence-electron chi connectivity index (χ2n) is 3.31. The number of nitrogens with zero attached hydrogens (tertiary/aromatic N) is 1. The number of hydrogen-bond donors (Lipinski definition) is 0. The van der Waals surface area contributed by atoms with E-state index in [1.165, 1.54) is 0 Å². The van der Waals surface area contributed by atoms with Gasteiger partial charge in [0.05, 0.1) is 21.6 Å². The van der Waals surface area contributed by atoms with E-state index < -0.39 is 10.7 Å². The Morgan fingerprint density at radius 3 is 2.73 bits per heavy atom. The number of nitro groups is 1. The van der Waals surface area contributed by atoms with Gasteiger partial charge in [0.25, 0.3) is 5.69 Å². The van der Waals surface area contributed by atoms with Crippen LogP contribution < -0.4 is 4.74 Å². The molecule has 0 spiro atoms. The zero-order valence-corrected chi connectivity index (χ0v) is 9.16. The molecule has 0 atom stereocenters. The lowest BCUT2D eigenvalue weighted by Crippen LogP contribution is -2.00. The van der Waals surface area contributed by atoms with Crippen LogP contribution in [0.5, 0.6) is 5.75 Å². The topological polar surface area (TPSA) is 52.4 Å². The third kappa shape index (κ3) is 2.26. The molecule has 0 saturated heterocycles. The molecule has 1 aromatic carbocycles. The molecule has 0 radical (unpaired) electrons. The highest BCUT2D eigenvalue weighted by Gasteiger charge is 2.26. The lowest BCUT2D eigenvalue weighted by Gasteiger charge is -2.05. The molecule has 0 N–H and O–H groups in total. The van der Waals surface area contributed by atoms with E-state index in [1.54, 1.807) is 0 Å². The van der Waals surface area contributed by atoms with Crippen molar-refractivity contribution in [2.75, 3.05) is 0 Å². The summed E-state index contributed by atoms with van der Waals surface area (Å²) in [4.78, 5) is 10.0. The van der Waals surface area contributed by atoms with Crippen molar-refractivity contribution in [3.8, 4) is 5.75 Å². The summed E-state index contributed by atoms with van der Waals surface area (Å²) >= 11 is 2.93. The molecule has 80 valence electrons. The van der Waals surface area contributed by atoms with Crippen molar-refractivity contribution in [2.45, 2.75) is 18.9 Å². The van der Waals surface area contributed by atoms with E-state index >= 15 is 0 Å². The minimum Gasteiger partial charge on any atom is -0.487 e. The number of benzene rings is 1. The highest BCUT2D eigenvalue weighted by molar-refractivity contribution is 9.10. The summed E-state index contributed by atoms with van der Waals surface area (Å²) in [7, 11) is 0. The molecule has 1 aliphatic rings. The van der Waals surface area contributed by atoms with E-state index in [4.69, 9.17) is 4.74 Å². The molecule has 15 heavy (non-hydrogen) atoms. The first kappa shape index (κ1) is 10.4. The highest BCUT2D eigenvalue weighted by atomic mass is 79.9. The number of rotatable bonds is 3. The van der Waals surface area contributed by atoms with Gasteiger partial charge in [-0.15, -0.1) is 0 Å². The summed E-state index contributed by atoms with van der Waals surface area (Å²) in [5.74, 6) is -0.633. The standard InChI is InChI=1S/C9H7BrFNO3/c10-6-3-7(11)9(15-5-1-2-5)4-8(6)12(13)14/h3-5H,1-2H2. The Kier molecular flexibility index (Phi) is 2.60. The van der Waals surface area contributed by atoms with E-state index in [-0.39, 0.29) is 22.0 Å². The minimum atomic E-state index is -0.584. The number of nitro benzene ring substituents is 1. The lowest BCUT2D eigenvalue weighted by molar-refractivity contribution is -0.385. The molecular weight excluding hydrogens is 269 g/mol. The molecule has 1 fully saturated rings. The Morgan fingerprint density at radius 1 is 1.53 bits per heavy atom. The Balaban J connectivity index is 2.35. The van der Waals surface area contributed by atoms with Crippen LogP contribution in [0.1, 0.15) is 12.8 Å². The fourth-order valence-corrected chi connectivity index (χ4v) is 1.57. The third-order valence-corrected chi connectivity index (χ3v) is 2.65. The fourth-order valence-electron chi connectivity index (χ4n) is 1.11. The number of ether oxygens (including phenoxy) is 1. The van der Waals surface area contributed by atoms with Crippen LogP contribution in [0, 0.1) is 15.9 Å². The highest BCUT2D eigenvalue weighted by Crippen LogP contribution is 2.35. The van der Waals surface area contributed by atoms with E-state index in [1.807, 2.05) is 0 Å². The first-order valence-electron chi connectivity index (χ1n) is 4.38. The van der Waals surface area contributed by atoms with Gasteiger partial charge in [-0.25, -0.2) is 4.39 Å².